The van der Waals surface area contributed by atoms with Crippen molar-refractivity contribution in [3.63, 3.8) is 0 Å². The van der Waals surface area contributed by atoms with Crippen molar-refractivity contribution in [2.24, 2.45) is 5.73 Å². The highest BCUT2D eigenvalue weighted by Gasteiger charge is 2.16. The van der Waals surface area contributed by atoms with E-state index in [1.165, 1.54) is 14.2 Å². The largest absolute Gasteiger partial charge is 0.497 e. The molecule has 0 aliphatic rings. The number of rotatable bonds is 4. The van der Waals surface area contributed by atoms with Gasteiger partial charge in [-0.3, -0.25) is 4.79 Å². The molecule has 1 atom stereocenters. The first-order valence-electron chi connectivity index (χ1n) is 4.30. The molecular formula is C10H13NO4. The van der Waals surface area contributed by atoms with Gasteiger partial charge in [0, 0.05) is 6.07 Å². The highest BCUT2D eigenvalue weighted by Crippen LogP contribution is 2.25. The van der Waals surface area contributed by atoms with Gasteiger partial charge < -0.3 is 20.3 Å². The minimum absolute atomic E-state index is 0.443. The third kappa shape index (κ3) is 2.60. The molecule has 1 aromatic carbocycles. The second-order valence-corrected chi connectivity index (χ2v) is 2.96. The van der Waals surface area contributed by atoms with Gasteiger partial charge in [0.25, 0.3) is 0 Å². The van der Waals surface area contributed by atoms with Gasteiger partial charge in [-0.25, -0.2) is 0 Å². The second kappa shape index (κ2) is 4.65. The zero-order valence-electron chi connectivity index (χ0n) is 8.56. The van der Waals surface area contributed by atoms with Crippen LogP contribution in [0.15, 0.2) is 18.2 Å². The summed E-state index contributed by atoms with van der Waals surface area (Å²) in [6.45, 7) is 0. The standard InChI is InChI=1S/C10H13NO4/c1-14-7-3-6(9(11)10(12)13)4-8(5-7)15-2/h3-5,9H,11H2,1-2H3,(H,12,13)/t9-/m1/s1. The maximum absolute atomic E-state index is 10.7. The second-order valence-electron chi connectivity index (χ2n) is 2.96. The van der Waals surface area contributed by atoms with Gasteiger partial charge in [0.15, 0.2) is 0 Å². The fraction of sp³-hybridized carbons (Fsp3) is 0.300. The maximum atomic E-state index is 10.7. The maximum Gasteiger partial charge on any atom is 0.325 e. The molecule has 0 amide bonds. The van der Waals surface area contributed by atoms with Crippen LogP contribution in [0.5, 0.6) is 11.5 Å². The zero-order valence-corrected chi connectivity index (χ0v) is 8.56. The van der Waals surface area contributed by atoms with E-state index in [1.54, 1.807) is 18.2 Å². The summed E-state index contributed by atoms with van der Waals surface area (Å²) in [7, 11) is 2.98. The molecule has 0 spiro atoms. The van der Waals surface area contributed by atoms with Crippen molar-refractivity contribution in [2.45, 2.75) is 6.04 Å². The Kier molecular flexibility index (Phi) is 3.51. The van der Waals surface area contributed by atoms with E-state index in [-0.39, 0.29) is 0 Å². The predicted molar refractivity (Wildman–Crippen MR) is 54.1 cm³/mol. The molecule has 5 nitrogen and oxygen atoms in total. The lowest BCUT2D eigenvalue weighted by Gasteiger charge is -2.11. The van der Waals surface area contributed by atoms with Crippen molar-refractivity contribution in [2.75, 3.05) is 14.2 Å². The lowest BCUT2D eigenvalue weighted by molar-refractivity contribution is -0.138. The Hall–Kier alpha value is -1.75. The number of ether oxygens (including phenoxy) is 2. The van der Waals surface area contributed by atoms with Crippen LogP contribution in [0, 0.1) is 0 Å². The van der Waals surface area contributed by atoms with Gasteiger partial charge in [0.05, 0.1) is 14.2 Å². The number of benzene rings is 1. The van der Waals surface area contributed by atoms with Crippen LogP contribution in [0.3, 0.4) is 0 Å². The Labute approximate surface area is 87.4 Å². The summed E-state index contributed by atoms with van der Waals surface area (Å²) in [6, 6.07) is 3.72. The number of carboxylic acid groups (broad SMARTS) is 1. The molecule has 0 saturated heterocycles. The molecule has 82 valence electrons. The molecule has 0 heterocycles. The number of carbonyl (C=O) groups is 1. The van der Waals surface area contributed by atoms with Gasteiger partial charge in [0.1, 0.15) is 17.5 Å². The molecule has 3 N–H and O–H groups in total. The number of aliphatic carboxylic acids is 1. The average molecular weight is 211 g/mol. The molecule has 0 aliphatic heterocycles. The number of hydrogen-bond acceptors (Lipinski definition) is 4. The highest BCUT2D eigenvalue weighted by atomic mass is 16.5. The van der Waals surface area contributed by atoms with E-state index in [4.69, 9.17) is 20.3 Å². The van der Waals surface area contributed by atoms with E-state index in [0.29, 0.717) is 17.1 Å². The van der Waals surface area contributed by atoms with Crippen molar-refractivity contribution in [3.8, 4) is 11.5 Å². The third-order valence-corrected chi connectivity index (χ3v) is 2.00. The van der Waals surface area contributed by atoms with Crippen molar-refractivity contribution >= 4 is 5.97 Å². The van der Waals surface area contributed by atoms with Crippen molar-refractivity contribution in [1.29, 1.82) is 0 Å². The van der Waals surface area contributed by atoms with Crippen molar-refractivity contribution in [1.82, 2.24) is 0 Å². The molecule has 5 heteroatoms. The molecule has 0 aliphatic carbocycles. The van der Waals surface area contributed by atoms with Crippen LogP contribution in [0.2, 0.25) is 0 Å². The van der Waals surface area contributed by atoms with Crippen LogP contribution >= 0.6 is 0 Å². The third-order valence-electron chi connectivity index (χ3n) is 2.00. The normalized spacial score (nSPS) is 11.9. The number of methoxy groups -OCH3 is 2. The summed E-state index contributed by atoms with van der Waals surface area (Å²) in [5, 5.41) is 8.76. The van der Waals surface area contributed by atoms with Crippen LogP contribution in [-0.2, 0) is 4.79 Å². The molecule has 0 bridgehead atoms. The minimum Gasteiger partial charge on any atom is -0.497 e. The summed E-state index contributed by atoms with van der Waals surface area (Å²) in [6.07, 6.45) is 0. The Morgan fingerprint density at radius 1 is 1.27 bits per heavy atom. The van der Waals surface area contributed by atoms with Gasteiger partial charge in [-0.05, 0) is 17.7 Å². The van der Waals surface area contributed by atoms with Crippen molar-refractivity contribution in [3.05, 3.63) is 23.8 Å². The molecular weight excluding hydrogens is 198 g/mol. The Morgan fingerprint density at radius 2 is 1.73 bits per heavy atom. The van der Waals surface area contributed by atoms with E-state index in [2.05, 4.69) is 0 Å². The number of carboxylic acids is 1. The van der Waals surface area contributed by atoms with Crippen LogP contribution in [0.1, 0.15) is 11.6 Å². The molecule has 1 aromatic rings. The summed E-state index contributed by atoms with van der Waals surface area (Å²) < 4.78 is 10.00. The van der Waals surface area contributed by atoms with Gasteiger partial charge in [-0.15, -0.1) is 0 Å². The quantitative estimate of drug-likeness (QED) is 0.769. The fourth-order valence-electron chi connectivity index (χ4n) is 1.15. The van der Waals surface area contributed by atoms with Gasteiger partial charge in [-0.2, -0.15) is 0 Å². The van der Waals surface area contributed by atoms with E-state index in [1.807, 2.05) is 0 Å². The highest BCUT2D eigenvalue weighted by molar-refractivity contribution is 5.75. The predicted octanol–water partition coefficient (Wildman–Crippen LogP) is 0.788. The minimum atomic E-state index is -1.09. The summed E-state index contributed by atoms with van der Waals surface area (Å²) >= 11 is 0. The molecule has 0 unspecified atom stereocenters. The first kappa shape index (κ1) is 11.3. The Balaban J connectivity index is 3.11. The monoisotopic (exact) mass is 211 g/mol. The van der Waals surface area contributed by atoms with E-state index < -0.39 is 12.0 Å². The SMILES string of the molecule is COc1cc(OC)cc([C@@H](N)C(=O)O)c1. The summed E-state index contributed by atoms with van der Waals surface area (Å²) in [4.78, 5) is 10.7. The van der Waals surface area contributed by atoms with Crippen LogP contribution in [-0.4, -0.2) is 25.3 Å². The van der Waals surface area contributed by atoms with Crippen molar-refractivity contribution < 1.29 is 19.4 Å². The Bertz CT molecular complexity index is 342. The first-order chi connectivity index (χ1) is 7.08. The van der Waals surface area contributed by atoms with Gasteiger partial charge in [-0.1, -0.05) is 0 Å². The number of hydrogen-bond donors (Lipinski definition) is 2. The molecule has 1 rings (SSSR count). The molecule has 0 fully saturated rings. The van der Waals surface area contributed by atoms with Gasteiger partial charge >= 0.3 is 5.97 Å². The number of nitrogens with two attached hydrogens (primary N) is 1. The molecule has 0 saturated carbocycles. The molecule has 0 aromatic heterocycles. The lowest BCUT2D eigenvalue weighted by Crippen LogP contribution is -2.20. The van der Waals surface area contributed by atoms with E-state index >= 15 is 0 Å². The fourth-order valence-corrected chi connectivity index (χ4v) is 1.15. The smallest absolute Gasteiger partial charge is 0.325 e. The summed E-state index contributed by atoms with van der Waals surface area (Å²) in [5.41, 5.74) is 5.92. The van der Waals surface area contributed by atoms with Gasteiger partial charge in [0.2, 0.25) is 0 Å². The van der Waals surface area contributed by atoms with E-state index in [0.717, 1.165) is 0 Å². The van der Waals surface area contributed by atoms with Crippen LogP contribution in [0.4, 0.5) is 0 Å². The van der Waals surface area contributed by atoms with E-state index in [9.17, 15) is 4.79 Å². The topological polar surface area (TPSA) is 81.8 Å². The average Bonchev–Trinajstić information content (AvgIpc) is 2.27. The Morgan fingerprint density at radius 3 is 2.07 bits per heavy atom. The first-order valence-corrected chi connectivity index (χ1v) is 4.30. The van der Waals surface area contributed by atoms with Crippen LogP contribution in [0.25, 0.3) is 0 Å². The van der Waals surface area contributed by atoms with Crippen LogP contribution < -0.4 is 15.2 Å². The molecule has 0 radical (unpaired) electrons. The zero-order chi connectivity index (χ0) is 11.4. The summed E-state index contributed by atoms with van der Waals surface area (Å²) in [5.74, 6) is -0.0626. The molecule has 15 heavy (non-hydrogen) atoms. The lowest BCUT2D eigenvalue weighted by atomic mass is 10.1.